The molecular formula is C19H16Cl2N2O3. The van der Waals surface area contributed by atoms with E-state index in [1.807, 2.05) is 6.92 Å². The van der Waals surface area contributed by atoms with Crippen LogP contribution in [0.3, 0.4) is 0 Å². The van der Waals surface area contributed by atoms with Crippen molar-refractivity contribution in [1.29, 1.82) is 0 Å². The monoisotopic (exact) mass is 390 g/mol. The number of hydrogen-bond donors (Lipinski definition) is 1. The Kier molecular flexibility index (Phi) is 5.30. The number of rotatable bonds is 5. The minimum atomic E-state index is -0.418. The topological polar surface area (TPSA) is 66.5 Å². The number of carbonyl (C=O) groups is 3. The van der Waals surface area contributed by atoms with Gasteiger partial charge in [0.15, 0.2) is 0 Å². The molecular weight excluding hydrogens is 375 g/mol. The standard InChI is InChI=1S/C19H16Cl2N2O3/c1-2-3-6-23-18(25)15-5-4-11(7-16(15)19(23)26)17(24)22-14-9-12(20)8-13(21)10-14/h4-5,7-10H,2-3,6H2,1H3,(H,22,24). The highest BCUT2D eigenvalue weighted by atomic mass is 35.5. The van der Waals surface area contributed by atoms with Crippen molar-refractivity contribution >= 4 is 46.6 Å². The van der Waals surface area contributed by atoms with Gasteiger partial charge in [-0.2, -0.15) is 0 Å². The first-order chi connectivity index (χ1) is 12.4. The van der Waals surface area contributed by atoms with Crippen LogP contribution in [0, 0.1) is 0 Å². The molecule has 3 amide bonds. The fourth-order valence-corrected chi connectivity index (χ4v) is 3.31. The van der Waals surface area contributed by atoms with E-state index in [1.165, 1.54) is 23.1 Å². The zero-order valence-corrected chi connectivity index (χ0v) is 15.5. The minimum absolute atomic E-state index is 0.253. The second kappa shape index (κ2) is 7.48. The molecule has 0 unspecified atom stereocenters. The summed E-state index contributed by atoms with van der Waals surface area (Å²) in [5.41, 5.74) is 1.30. The van der Waals surface area contributed by atoms with Gasteiger partial charge in [0.2, 0.25) is 0 Å². The molecule has 1 heterocycles. The van der Waals surface area contributed by atoms with Gasteiger partial charge in [-0.1, -0.05) is 36.5 Å². The van der Waals surface area contributed by atoms with Gasteiger partial charge in [-0.05, 0) is 42.8 Å². The molecule has 2 aromatic carbocycles. The van der Waals surface area contributed by atoms with Crippen molar-refractivity contribution in [3.63, 3.8) is 0 Å². The van der Waals surface area contributed by atoms with Gasteiger partial charge in [0.1, 0.15) is 0 Å². The lowest BCUT2D eigenvalue weighted by molar-refractivity contribution is 0.0652. The number of anilines is 1. The van der Waals surface area contributed by atoms with E-state index in [0.29, 0.717) is 27.8 Å². The average molecular weight is 391 g/mol. The number of nitrogens with zero attached hydrogens (tertiary/aromatic N) is 1. The summed E-state index contributed by atoms with van der Waals surface area (Å²) in [6.07, 6.45) is 1.62. The number of fused-ring (bicyclic) bond motifs is 1. The zero-order chi connectivity index (χ0) is 18.8. The molecule has 26 heavy (non-hydrogen) atoms. The smallest absolute Gasteiger partial charge is 0.261 e. The third-order valence-electron chi connectivity index (χ3n) is 4.09. The van der Waals surface area contributed by atoms with E-state index in [1.54, 1.807) is 18.2 Å². The van der Waals surface area contributed by atoms with Crippen LogP contribution in [0.15, 0.2) is 36.4 Å². The molecule has 0 aromatic heterocycles. The molecule has 0 atom stereocenters. The molecule has 134 valence electrons. The summed E-state index contributed by atoms with van der Waals surface area (Å²) in [7, 11) is 0. The number of imide groups is 1. The second-order valence-corrected chi connectivity index (χ2v) is 6.86. The highest BCUT2D eigenvalue weighted by molar-refractivity contribution is 6.35. The van der Waals surface area contributed by atoms with Crippen LogP contribution < -0.4 is 5.32 Å². The second-order valence-electron chi connectivity index (χ2n) is 5.99. The summed E-state index contributed by atoms with van der Waals surface area (Å²) < 4.78 is 0. The predicted octanol–water partition coefficient (Wildman–Crippen LogP) is 4.64. The van der Waals surface area contributed by atoms with Crippen LogP contribution in [0.4, 0.5) is 5.69 Å². The minimum Gasteiger partial charge on any atom is -0.322 e. The fourth-order valence-electron chi connectivity index (χ4n) is 2.78. The van der Waals surface area contributed by atoms with Gasteiger partial charge >= 0.3 is 0 Å². The third kappa shape index (κ3) is 3.59. The molecule has 0 fully saturated rings. The molecule has 0 radical (unpaired) electrons. The van der Waals surface area contributed by atoms with Gasteiger partial charge in [0.25, 0.3) is 17.7 Å². The summed E-state index contributed by atoms with van der Waals surface area (Å²) in [6.45, 7) is 2.37. The van der Waals surface area contributed by atoms with E-state index in [-0.39, 0.29) is 22.9 Å². The summed E-state index contributed by atoms with van der Waals surface area (Å²) in [6, 6.07) is 9.18. The van der Waals surface area contributed by atoms with Gasteiger partial charge in [-0.25, -0.2) is 0 Å². The largest absolute Gasteiger partial charge is 0.322 e. The van der Waals surface area contributed by atoms with Crippen LogP contribution in [0.25, 0.3) is 0 Å². The van der Waals surface area contributed by atoms with Crippen LogP contribution in [0.5, 0.6) is 0 Å². The molecule has 5 nitrogen and oxygen atoms in total. The summed E-state index contributed by atoms with van der Waals surface area (Å²) in [4.78, 5) is 38.5. The molecule has 2 aromatic rings. The van der Waals surface area contributed by atoms with E-state index < -0.39 is 5.91 Å². The Balaban J connectivity index is 1.83. The average Bonchev–Trinajstić information content (AvgIpc) is 2.82. The van der Waals surface area contributed by atoms with Gasteiger partial charge in [0.05, 0.1) is 11.1 Å². The molecule has 0 saturated carbocycles. The first-order valence-electron chi connectivity index (χ1n) is 8.18. The number of hydrogen-bond acceptors (Lipinski definition) is 3. The highest BCUT2D eigenvalue weighted by Gasteiger charge is 2.35. The summed E-state index contributed by atoms with van der Waals surface area (Å²) >= 11 is 11.9. The van der Waals surface area contributed by atoms with Gasteiger partial charge in [-0.15, -0.1) is 0 Å². The van der Waals surface area contributed by atoms with E-state index in [4.69, 9.17) is 23.2 Å². The maximum Gasteiger partial charge on any atom is 0.261 e. The molecule has 7 heteroatoms. The molecule has 0 bridgehead atoms. The maximum atomic E-state index is 12.5. The van der Waals surface area contributed by atoms with Crippen LogP contribution in [-0.2, 0) is 0 Å². The molecule has 0 saturated heterocycles. The predicted molar refractivity (Wildman–Crippen MR) is 101 cm³/mol. The molecule has 1 aliphatic heterocycles. The van der Waals surface area contributed by atoms with Crippen molar-refractivity contribution in [2.45, 2.75) is 19.8 Å². The van der Waals surface area contributed by atoms with E-state index >= 15 is 0 Å². The quantitative estimate of drug-likeness (QED) is 0.755. The lowest BCUT2D eigenvalue weighted by atomic mass is 10.1. The summed E-state index contributed by atoms with van der Waals surface area (Å²) in [5.74, 6) is -1.09. The lowest BCUT2D eigenvalue weighted by Gasteiger charge is -2.12. The zero-order valence-electron chi connectivity index (χ0n) is 14.0. The SMILES string of the molecule is CCCCN1C(=O)c2ccc(C(=O)Nc3cc(Cl)cc(Cl)c3)cc2C1=O. The Labute approximate surface area is 160 Å². The Morgan fingerprint density at radius 1 is 1.00 bits per heavy atom. The number of unbranched alkanes of at least 4 members (excludes halogenated alkanes) is 1. The fraction of sp³-hybridized carbons (Fsp3) is 0.211. The van der Waals surface area contributed by atoms with Crippen molar-refractivity contribution in [2.75, 3.05) is 11.9 Å². The van der Waals surface area contributed by atoms with E-state index in [9.17, 15) is 14.4 Å². The Morgan fingerprint density at radius 2 is 1.65 bits per heavy atom. The molecule has 3 rings (SSSR count). The Bertz CT molecular complexity index is 891. The van der Waals surface area contributed by atoms with Crippen molar-refractivity contribution < 1.29 is 14.4 Å². The van der Waals surface area contributed by atoms with Crippen LogP contribution in [0.2, 0.25) is 10.0 Å². The van der Waals surface area contributed by atoms with Gasteiger partial charge in [0, 0.05) is 27.8 Å². The van der Waals surface area contributed by atoms with E-state index in [2.05, 4.69) is 5.32 Å². The van der Waals surface area contributed by atoms with Crippen LogP contribution >= 0.6 is 23.2 Å². The van der Waals surface area contributed by atoms with Gasteiger partial charge in [-0.3, -0.25) is 19.3 Å². The lowest BCUT2D eigenvalue weighted by Crippen LogP contribution is -2.30. The van der Waals surface area contributed by atoms with Crippen molar-refractivity contribution in [3.8, 4) is 0 Å². The van der Waals surface area contributed by atoms with Crippen LogP contribution in [0.1, 0.15) is 50.8 Å². The molecule has 1 aliphatic rings. The van der Waals surface area contributed by atoms with Crippen molar-refractivity contribution in [1.82, 2.24) is 4.90 Å². The normalized spacial score (nSPS) is 13.1. The Hall–Kier alpha value is -2.37. The number of halogens is 2. The number of amides is 3. The molecule has 1 N–H and O–H groups in total. The van der Waals surface area contributed by atoms with Gasteiger partial charge < -0.3 is 5.32 Å². The number of carbonyl (C=O) groups excluding carboxylic acids is 3. The first kappa shape index (κ1) is 18.4. The highest BCUT2D eigenvalue weighted by Crippen LogP contribution is 2.26. The van der Waals surface area contributed by atoms with Crippen molar-refractivity contribution in [3.05, 3.63) is 63.1 Å². The van der Waals surface area contributed by atoms with E-state index in [0.717, 1.165) is 12.8 Å². The molecule has 0 aliphatic carbocycles. The first-order valence-corrected chi connectivity index (χ1v) is 8.94. The third-order valence-corrected chi connectivity index (χ3v) is 4.53. The van der Waals surface area contributed by atoms with Crippen molar-refractivity contribution in [2.24, 2.45) is 0 Å². The summed E-state index contributed by atoms with van der Waals surface area (Å²) in [5, 5.41) is 3.48. The Morgan fingerprint density at radius 3 is 2.31 bits per heavy atom. The number of benzene rings is 2. The van der Waals surface area contributed by atoms with Crippen LogP contribution in [-0.4, -0.2) is 29.2 Å². The maximum absolute atomic E-state index is 12.5. The molecule has 0 spiro atoms. The number of nitrogens with one attached hydrogen (secondary N) is 1.